The summed E-state index contributed by atoms with van der Waals surface area (Å²) in [5.74, 6) is 0. The molecule has 0 atom stereocenters. The lowest BCUT2D eigenvalue weighted by Gasteiger charge is -1.99. The molecular weight excluding hydrogens is 188 g/mol. The highest BCUT2D eigenvalue weighted by Crippen LogP contribution is 2.18. The summed E-state index contributed by atoms with van der Waals surface area (Å²) in [5, 5.41) is 2.54. The Morgan fingerprint density at radius 2 is 1.43 bits per heavy atom. The normalized spacial score (nSPS) is 9.43. The average Bonchev–Trinajstić information content (AvgIpc) is 2.21. The third-order valence-electron chi connectivity index (χ3n) is 1.98. The van der Waals surface area contributed by atoms with E-state index >= 15 is 0 Å². The summed E-state index contributed by atoms with van der Waals surface area (Å²) in [6, 6.07) is 12.6. The minimum absolute atomic E-state index is 1.02. The maximum absolute atomic E-state index is 4.29. The zero-order valence-electron chi connectivity index (χ0n) is 8.91. The Bertz CT molecular complexity index is 377. The van der Waals surface area contributed by atoms with Crippen molar-refractivity contribution >= 4 is 23.4 Å². The zero-order valence-corrected chi connectivity index (χ0v) is 9.81. The summed E-state index contributed by atoms with van der Waals surface area (Å²) < 4.78 is 0. The molecule has 0 aromatic heterocycles. The molecular formula is C13H16S. The van der Waals surface area contributed by atoms with Crippen molar-refractivity contribution in [2.75, 3.05) is 0 Å². The lowest BCUT2D eigenvalue weighted by molar-refractivity contribution is 1.48. The van der Waals surface area contributed by atoms with Gasteiger partial charge in [-0.15, -0.1) is 12.6 Å². The standard InChI is InChI=1S/C11H10S.C2H6/c1-8-2-3-10-7-11(12)5-4-9(10)6-8;1-2/h2-7,12H,1H3;1-2H3. The molecule has 0 N–H and O–H groups in total. The van der Waals surface area contributed by atoms with Gasteiger partial charge in [-0.05, 0) is 29.8 Å². The number of thiol groups is 1. The number of rotatable bonds is 0. The first-order valence-corrected chi connectivity index (χ1v) is 5.40. The molecule has 2 rings (SSSR count). The van der Waals surface area contributed by atoms with Gasteiger partial charge in [0.05, 0.1) is 0 Å². The van der Waals surface area contributed by atoms with Crippen LogP contribution in [-0.4, -0.2) is 0 Å². The van der Waals surface area contributed by atoms with E-state index in [0.717, 1.165) is 4.90 Å². The van der Waals surface area contributed by atoms with Crippen molar-refractivity contribution < 1.29 is 0 Å². The van der Waals surface area contributed by atoms with Gasteiger partial charge in [0.2, 0.25) is 0 Å². The van der Waals surface area contributed by atoms with Crippen LogP contribution in [0.4, 0.5) is 0 Å². The first-order valence-electron chi connectivity index (χ1n) is 4.95. The number of aryl methyl sites for hydroxylation is 1. The number of hydrogen-bond donors (Lipinski definition) is 1. The molecule has 0 saturated heterocycles. The third kappa shape index (κ3) is 2.52. The Kier molecular flexibility index (Phi) is 4.02. The van der Waals surface area contributed by atoms with Crippen molar-refractivity contribution in [3.63, 3.8) is 0 Å². The first-order chi connectivity index (χ1) is 6.75. The second-order valence-corrected chi connectivity index (χ2v) is 3.55. The highest BCUT2D eigenvalue weighted by molar-refractivity contribution is 7.80. The molecule has 0 radical (unpaired) electrons. The van der Waals surface area contributed by atoms with Gasteiger partial charge in [0.1, 0.15) is 0 Å². The van der Waals surface area contributed by atoms with E-state index in [2.05, 4.69) is 49.9 Å². The summed E-state index contributed by atoms with van der Waals surface area (Å²) >= 11 is 4.29. The van der Waals surface area contributed by atoms with E-state index in [4.69, 9.17) is 0 Å². The predicted molar refractivity (Wildman–Crippen MR) is 67.3 cm³/mol. The molecule has 2 aromatic rings. The molecule has 74 valence electrons. The van der Waals surface area contributed by atoms with Crippen molar-refractivity contribution in [3.05, 3.63) is 42.0 Å². The van der Waals surface area contributed by atoms with Crippen LogP contribution in [0.3, 0.4) is 0 Å². The smallest absolute Gasteiger partial charge is 0.00463 e. The van der Waals surface area contributed by atoms with Crippen LogP contribution in [0, 0.1) is 6.92 Å². The molecule has 0 aliphatic carbocycles. The monoisotopic (exact) mass is 204 g/mol. The van der Waals surface area contributed by atoms with Crippen molar-refractivity contribution in [1.82, 2.24) is 0 Å². The van der Waals surface area contributed by atoms with Gasteiger partial charge in [-0.25, -0.2) is 0 Å². The molecule has 0 aliphatic rings. The quantitative estimate of drug-likeness (QED) is 0.602. The van der Waals surface area contributed by atoms with Gasteiger partial charge in [0.25, 0.3) is 0 Å². The Morgan fingerprint density at radius 1 is 0.857 bits per heavy atom. The van der Waals surface area contributed by atoms with Gasteiger partial charge in [-0.1, -0.05) is 43.7 Å². The van der Waals surface area contributed by atoms with Crippen LogP contribution in [0.2, 0.25) is 0 Å². The van der Waals surface area contributed by atoms with Gasteiger partial charge in [0.15, 0.2) is 0 Å². The average molecular weight is 204 g/mol. The number of fused-ring (bicyclic) bond motifs is 1. The molecule has 1 heteroatoms. The van der Waals surface area contributed by atoms with Crippen LogP contribution in [0.15, 0.2) is 41.3 Å². The van der Waals surface area contributed by atoms with Gasteiger partial charge >= 0.3 is 0 Å². The summed E-state index contributed by atoms with van der Waals surface area (Å²) in [4.78, 5) is 1.02. The Hall–Kier alpha value is -0.950. The first kappa shape index (κ1) is 11.1. The molecule has 0 unspecified atom stereocenters. The van der Waals surface area contributed by atoms with Crippen molar-refractivity contribution in [2.45, 2.75) is 25.7 Å². The van der Waals surface area contributed by atoms with Crippen molar-refractivity contribution in [1.29, 1.82) is 0 Å². The van der Waals surface area contributed by atoms with Crippen molar-refractivity contribution in [2.24, 2.45) is 0 Å². The second-order valence-electron chi connectivity index (χ2n) is 3.03. The van der Waals surface area contributed by atoms with Gasteiger partial charge in [0, 0.05) is 4.90 Å². The SMILES string of the molecule is CC.Cc1ccc2cc(S)ccc2c1. The summed E-state index contributed by atoms with van der Waals surface area (Å²) in [7, 11) is 0. The van der Waals surface area contributed by atoms with Gasteiger partial charge in [-0.3, -0.25) is 0 Å². The summed E-state index contributed by atoms with van der Waals surface area (Å²) in [6.07, 6.45) is 0. The number of hydrogen-bond acceptors (Lipinski definition) is 1. The van der Waals surface area contributed by atoms with Crippen LogP contribution in [-0.2, 0) is 0 Å². The molecule has 0 bridgehead atoms. The molecule has 0 spiro atoms. The minimum Gasteiger partial charge on any atom is -0.143 e. The summed E-state index contributed by atoms with van der Waals surface area (Å²) in [5.41, 5.74) is 1.30. The van der Waals surface area contributed by atoms with Crippen molar-refractivity contribution in [3.8, 4) is 0 Å². The lowest BCUT2D eigenvalue weighted by Crippen LogP contribution is -1.75. The van der Waals surface area contributed by atoms with E-state index in [0.29, 0.717) is 0 Å². The van der Waals surface area contributed by atoms with Gasteiger partial charge < -0.3 is 0 Å². The van der Waals surface area contributed by atoms with E-state index in [1.54, 1.807) is 0 Å². The Balaban J connectivity index is 0.000000461. The zero-order chi connectivity index (χ0) is 10.6. The molecule has 0 aliphatic heterocycles. The highest BCUT2D eigenvalue weighted by Gasteiger charge is 1.93. The van der Waals surface area contributed by atoms with E-state index in [1.807, 2.05) is 19.9 Å². The topological polar surface area (TPSA) is 0 Å². The van der Waals surface area contributed by atoms with E-state index < -0.39 is 0 Å². The minimum atomic E-state index is 1.02. The fourth-order valence-corrected chi connectivity index (χ4v) is 1.57. The molecule has 14 heavy (non-hydrogen) atoms. The van der Waals surface area contributed by atoms with Crippen LogP contribution in [0.1, 0.15) is 19.4 Å². The molecule has 0 nitrogen and oxygen atoms in total. The fraction of sp³-hybridized carbons (Fsp3) is 0.231. The molecule has 0 amide bonds. The second kappa shape index (κ2) is 5.06. The third-order valence-corrected chi connectivity index (χ3v) is 2.26. The largest absolute Gasteiger partial charge is 0.143 e. The van der Waals surface area contributed by atoms with Crippen LogP contribution < -0.4 is 0 Å². The van der Waals surface area contributed by atoms with Crippen LogP contribution >= 0.6 is 12.6 Å². The summed E-state index contributed by atoms with van der Waals surface area (Å²) in [6.45, 7) is 6.11. The molecule has 0 fully saturated rings. The van der Waals surface area contributed by atoms with E-state index in [9.17, 15) is 0 Å². The highest BCUT2D eigenvalue weighted by atomic mass is 32.1. The van der Waals surface area contributed by atoms with E-state index in [-0.39, 0.29) is 0 Å². The molecule has 0 heterocycles. The van der Waals surface area contributed by atoms with Crippen LogP contribution in [0.25, 0.3) is 10.8 Å². The predicted octanol–water partition coefficient (Wildman–Crippen LogP) is 4.46. The lowest BCUT2D eigenvalue weighted by atomic mass is 10.1. The van der Waals surface area contributed by atoms with Gasteiger partial charge in [-0.2, -0.15) is 0 Å². The molecule has 2 aromatic carbocycles. The van der Waals surface area contributed by atoms with Crippen LogP contribution in [0.5, 0.6) is 0 Å². The Morgan fingerprint density at radius 3 is 2.14 bits per heavy atom. The maximum atomic E-state index is 4.29. The molecule has 0 saturated carbocycles. The Labute approximate surface area is 91.4 Å². The van der Waals surface area contributed by atoms with E-state index in [1.165, 1.54) is 16.3 Å². The fourth-order valence-electron chi connectivity index (χ4n) is 1.35. The maximum Gasteiger partial charge on any atom is 0.00463 e. The number of benzene rings is 2.